The van der Waals surface area contributed by atoms with Crippen LogP contribution in [-0.4, -0.2) is 32.5 Å². The molecule has 1 aliphatic rings. The van der Waals surface area contributed by atoms with E-state index in [0.717, 1.165) is 16.9 Å². The number of carbonyl (C=O) groups excluding carboxylic acids is 2. The van der Waals surface area contributed by atoms with Crippen LogP contribution >= 0.6 is 0 Å². The molecule has 1 atom stereocenters. The summed E-state index contributed by atoms with van der Waals surface area (Å²) in [5.41, 5.74) is 2.67. The fourth-order valence-electron chi connectivity index (χ4n) is 3.00. The molecular formula is C20H22FN3O2. The van der Waals surface area contributed by atoms with Crippen LogP contribution in [0.2, 0.25) is 0 Å². The van der Waals surface area contributed by atoms with Gasteiger partial charge in [-0.1, -0.05) is 12.1 Å². The lowest BCUT2D eigenvalue weighted by atomic mass is 10.1. The zero-order chi connectivity index (χ0) is 18.7. The summed E-state index contributed by atoms with van der Waals surface area (Å²) in [6.07, 6.45) is 0.199. The summed E-state index contributed by atoms with van der Waals surface area (Å²) in [7, 11) is 3.91. The molecule has 0 aromatic heterocycles. The smallest absolute Gasteiger partial charge is 0.227 e. The number of hydrogen-bond acceptors (Lipinski definition) is 3. The molecule has 1 saturated heterocycles. The van der Waals surface area contributed by atoms with E-state index >= 15 is 0 Å². The summed E-state index contributed by atoms with van der Waals surface area (Å²) in [5, 5.41) is 2.83. The van der Waals surface area contributed by atoms with Crippen LogP contribution in [-0.2, 0) is 16.1 Å². The summed E-state index contributed by atoms with van der Waals surface area (Å²) in [4.78, 5) is 28.3. The first-order valence-corrected chi connectivity index (χ1v) is 8.54. The van der Waals surface area contributed by atoms with Gasteiger partial charge >= 0.3 is 0 Å². The van der Waals surface area contributed by atoms with E-state index in [-0.39, 0.29) is 30.0 Å². The highest BCUT2D eigenvalue weighted by Crippen LogP contribution is 2.27. The predicted molar refractivity (Wildman–Crippen MR) is 99.5 cm³/mol. The van der Waals surface area contributed by atoms with Crippen LogP contribution in [0.3, 0.4) is 0 Å². The third-order valence-corrected chi connectivity index (χ3v) is 4.55. The molecule has 2 aromatic rings. The van der Waals surface area contributed by atoms with E-state index in [9.17, 15) is 14.0 Å². The third kappa shape index (κ3) is 4.02. The van der Waals surface area contributed by atoms with E-state index in [1.165, 1.54) is 12.1 Å². The average Bonchev–Trinajstić information content (AvgIpc) is 3.03. The highest BCUT2D eigenvalue weighted by atomic mass is 19.1. The molecule has 0 bridgehead atoms. The maximum Gasteiger partial charge on any atom is 0.227 e. The Hall–Kier alpha value is -2.89. The van der Waals surface area contributed by atoms with Gasteiger partial charge in [0.05, 0.1) is 5.92 Å². The molecule has 6 heteroatoms. The van der Waals surface area contributed by atoms with Crippen LogP contribution in [0.15, 0.2) is 48.5 Å². The molecule has 1 fully saturated rings. The monoisotopic (exact) mass is 355 g/mol. The van der Waals surface area contributed by atoms with Gasteiger partial charge in [-0.3, -0.25) is 9.59 Å². The summed E-state index contributed by atoms with van der Waals surface area (Å²) >= 11 is 0. The summed E-state index contributed by atoms with van der Waals surface area (Å²) < 4.78 is 12.9. The number of hydrogen-bond donors (Lipinski definition) is 1. The third-order valence-electron chi connectivity index (χ3n) is 4.55. The highest BCUT2D eigenvalue weighted by Gasteiger charge is 2.34. The lowest BCUT2D eigenvalue weighted by Crippen LogP contribution is -2.32. The number of amides is 2. The van der Waals surface area contributed by atoms with Gasteiger partial charge in [0.25, 0.3) is 0 Å². The second-order valence-corrected chi connectivity index (χ2v) is 6.66. The Bertz CT molecular complexity index is 788. The molecule has 1 N–H and O–H groups in total. The van der Waals surface area contributed by atoms with Crippen molar-refractivity contribution in [3.63, 3.8) is 0 Å². The van der Waals surface area contributed by atoms with Gasteiger partial charge in [-0.05, 0) is 42.0 Å². The Balaban J connectivity index is 1.59. The summed E-state index contributed by atoms with van der Waals surface area (Å²) in [5.74, 6) is -0.895. The van der Waals surface area contributed by atoms with Crippen molar-refractivity contribution in [2.75, 3.05) is 30.4 Å². The van der Waals surface area contributed by atoms with E-state index in [0.29, 0.717) is 13.1 Å². The summed E-state index contributed by atoms with van der Waals surface area (Å²) in [6.45, 7) is 0.691. The Morgan fingerprint density at radius 3 is 2.42 bits per heavy atom. The maximum absolute atomic E-state index is 12.9. The molecule has 0 saturated carbocycles. The fraction of sp³-hybridized carbons (Fsp3) is 0.300. The van der Waals surface area contributed by atoms with Gasteiger partial charge in [0.2, 0.25) is 11.8 Å². The van der Waals surface area contributed by atoms with E-state index in [1.807, 2.05) is 43.3 Å². The number of nitrogens with zero attached hydrogens (tertiary/aromatic N) is 2. The Kier molecular flexibility index (Phi) is 5.21. The van der Waals surface area contributed by atoms with Crippen molar-refractivity contribution in [2.24, 2.45) is 5.92 Å². The molecule has 1 unspecified atom stereocenters. The zero-order valence-corrected chi connectivity index (χ0v) is 14.9. The largest absolute Gasteiger partial charge is 0.378 e. The van der Waals surface area contributed by atoms with Crippen LogP contribution in [0, 0.1) is 11.7 Å². The molecule has 1 aliphatic heterocycles. The minimum absolute atomic E-state index is 0.0514. The van der Waals surface area contributed by atoms with E-state index in [2.05, 4.69) is 5.32 Å². The van der Waals surface area contributed by atoms with E-state index in [4.69, 9.17) is 0 Å². The van der Waals surface area contributed by atoms with Gasteiger partial charge in [0.15, 0.2) is 0 Å². The second kappa shape index (κ2) is 7.56. The van der Waals surface area contributed by atoms with Crippen LogP contribution in [0.4, 0.5) is 15.8 Å². The number of halogens is 1. The van der Waals surface area contributed by atoms with Crippen molar-refractivity contribution in [1.29, 1.82) is 0 Å². The van der Waals surface area contributed by atoms with Gasteiger partial charge < -0.3 is 15.1 Å². The topological polar surface area (TPSA) is 52.6 Å². The molecule has 2 amide bonds. The Morgan fingerprint density at radius 2 is 1.81 bits per heavy atom. The zero-order valence-electron chi connectivity index (χ0n) is 14.9. The molecule has 1 heterocycles. The molecular weight excluding hydrogens is 333 g/mol. The predicted octanol–water partition coefficient (Wildman–Crippen LogP) is 2.56. The molecule has 5 nitrogen and oxygen atoms in total. The van der Waals surface area contributed by atoms with Crippen molar-refractivity contribution in [3.8, 4) is 0 Å². The number of rotatable bonds is 5. The normalized spacial score (nSPS) is 16.7. The van der Waals surface area contributed by atoms with Crippen LogP contribution in [0.25, 0.3) is 0 Å². The van der Waals surface area contributed by atoms with Gasteiger partial charge in [0, 0.05) is 45.0 Å². The molecule has 0 spiro atoms. The number of anilines is 2. The SMILES string of the molecule is CN(C)c1ccc(N2CC(C(=O)NCc3ccc(F)cc3)CC2=O)cc1. The first-order valence-electron chi connectivity index (χ1n) is 8.54. The van der Waals surface area contributed by atoms with Crippen molar-refractivity contribution in [3.05, 3.63) is 59.9 Å². The van der Waals surface area contributed by atoms with Gasteiger partial charge in [-0.15, -0.1) is 0 Å². The van der Waals surface area contributed by atoms with Crippen molar-refractivity contribution < 1.29 is 14.0 Å². The van der Waals surface area contributed by atoms with Crippen LogP contribution in [0.5, 0.6) is 0 Å². The van der Waals surface area contributed by atoms with Crippen LogP contribution < -0.4 is 15.1 Å². The molecule has 2 aromatic carbocycles. The molecule has 0 radical (unpaired) electrons. The maximum atomic E-state index is 12.9. The highest BCUT2D eigenvalue weighted by molar-refractivity contribution is 6.00. The first-order chi connectivity index (χ1) is 12.4. The fourth-order valence-corrected chi connectivity index (χ4v) is 3.00. The van der Waals surface area contributed by atoms with Gasteiger partial charge in [0.1, 0.15) is 5.82 Å². The van der Waals surface area contributed by atoms with Crippen molar-refractivity contribution >= 4 is 23.2 Å². The minimum Gasteiger partial charge on any atom is -0.378 e. The van der Waals surface area contributed by atoms with E-state index in [1.54, 1.807) is 17.0 Å². The van der Waals surface area contributed by atoms with E-state index < -0.39 is 0 Å². The minimum atomic E-state index is -0.378. The van der Waals surface area contributed by atoms with Crippen molar-refractivity contribution in [1.82, 2.24) is 5.32 Å². The van der Waals surface area contributed by atoms with Crippen LogP contribution in [0.1, 0.15) is 12.0 Å². The summed E-state index contributed by atoms with van der Waals surface area (Å²) in [6, 6.07) is 13.7. The quantitative estimate of drug-likeness (QED) is 0.897. The average molecular weight is 355 g/mol. The molecule has 0 aliphatic carbocycles. The lowest BCUT2D eigenvalue weighted by molar-refractivity contribution is -0.126. The standard InChI is InChI=1S/C20H22FN3O2/c1-23(2)17-7-9-18(10-8-17)24-13-15(11-19(24)25)20(26)22-12-14-3-5-16(21)6-4-14/h3-10,15H,11-13H2,1-2H3,(H,22,26). The molecule has 3 rings (SSSR count). The van der Waals surface area contributed by atoms with Gasteiger partial charge in [-0.25, -0.2) is 4.39 Å². The second-order valence-electron chi connectivity index (χ2n) is 6.66. The molecule has 136 valence electrons. The number of benzene rings is 2. The molecule has 26 heavy (non-hydrogen) atoms. The van der Waals surface area contributed by atoms with Gasteiger partial charge in [-0.2, -0.15) is 0 Å². The Morgan fingerprint density at radius 1 is 1.15 bits per heavy atom. The van der Waals surface area contributed by atoms with Crippen molar-refractivity contribution in [2.45, 2.75) is 13.0 Å². The Labute approximate surface area is 152 Å². The lowest BCUT2D eigenvalue weighted by Gasteiger charge is -2.19. The number of nitrogens with one attached hydrogen (secondary N) is 1. The first kappa shape index (κ1) is 17.9. The number of carbonyl (C=O) groups is 2.